The van der Waals surface area contributed by atoms with Gasteiger partial charge < -0.3 is 21.1 Å². The number of hydrogen-bond acceptors (Lipinski definition) is 7. The smallest absolute Gasteiger partial charge is 0.229 e. The molecule has 1 aromatic carbocycles. The Bertz CT molecular complexity index is 718. The first-order valence-electron chi connectivity index (χ1n) is 7.76. The van der Waals surface area contributed by atoms with Crippen LogP contribution in [0.2, 0.25) is 0 Å². The molecule has 0 bridgehead atoms. The molecule has 8 heteroatoms. The molecule has 0 amide bonds. The maximum atomic E-state index is 14.0. The Kier molecular flexibility index (Phi) is 4.77. The number of nitrogens with zero attached hydrogens (tertiary/aromatic N) is 4. The van der Waals surface area contributed by atoms with E-state index in [0.29, 0.717) is 23.6 Å². The Labute approximate surface area is 140 Å². The number of hydrogen-bond donors (Lipinski definition) is 2. The van der Waals surface area contributed by atoms with Gasteiger partial charge in [-0.05, 0) is 19.2 Å². The van der Waals surface area contributed by atoms with Crippen LogP contribution >= 0.6 is 0 Å². The molecule has 0 aliphatic carbocycles. The van der Waals surface area contributed by atoms with Gasteiger partial charge in [0.25, 0.3) is 0 Å². The molecule has 1 aromatic heterocycles. The molecule has 3 rings (SSSR count). The van der Waals surface area contributed by atoms with Crippen LogP contribution in [0.5, 0.6) is 11.6 Å². The van der Waals surface area contributed by atoms with Crippen LogP contribution in [0.3, 0.4) is 0 Å². The highest BCUT2D eigenvalue weighted by Gasteiger charge is 2.20. The summed E-state index contributed by atoms with van der Waals surface area (Å²) in [7, 11) is 2.09. The van der Waals surface area contributed by atoms with E-state index in [9.17, 15) is 4.39 Å². The third kappa shape index (κ3) is 3.72. The van der Waals surface area contributed by atoms with Gasteiger partial charge in [0.05, 0.1) is 5.56 Å². The maximum Gasteiger partial charge on any atom is 0.229 e. The first-order chi connectivity index (χ1) is 11.5. The van der Waals surface area contributed by atoms with E-state index >= 15 is 0 Å². The normalized spacial score (nSPS) is 16.2. The topological polar surface area (TPSA) is 93.5 Å². The summed E-state index contributed by atoms with van der Waals surface area (Å²) in [5.74, 6) is 0.125. The van der Waals surface area contributed by atoms with Crippen molar-refractivity contribution in [2.75, 3.05) is 44.7 Å². The van der Waals surface area contributed by atoms with Crippen LogP contribution in [0.1, 0.15) is 5.56 Å². The van der Waals surface area contributed by atoms with Gasteiger partial charge >= 0.3 is 0 Å². The number of benzene rings is 1. The molecular formula is C16H21FN6O. The highest BCUT2D eigenvalue weighted by molar-refractivity contribution is 5.48. The summed E-state index contributed by atoms with van der Waals surface area (Å²) in [5.41, 5.74) is 12.6. The predicted molar refractivity (Wildman–Crippen MR) is 90.1 cm³/mol. The second kappa shape index (κ2) is 6.98. The molecular weight excluding hydrogens is 311 g/mol. The number of ether oxygens (including phenoxy) is 1. The van der Waals surface area contributed by atoms with E-state index in [1.807, 2.05) is 0 Å². The van der Waals surface area contributed by atoms with E-state index in [0.717, 1.165) is 26.2 Å². The number of anilines is 2. The second-order valence-corrected chi connectivity index (χ2v) is 5.91. The lowest BCUT2D eigenvalue weighted by Crippen LogP contribution is -2.44. The molecule has 0 unspecified atom stereocenters. The lowest BCUT2D eigenvalue weighted by atomic mass is 10.2. The highest BCUT2D eigenvalue weighted by atomic mass is 19.1. The molecule has 2 aromatic rings. The van der Waals surface area contributed by atoms with Crippen molar-refractivity contribution in [3.63, 3.8) is 0 Å². The van der Waals surface area contributed by atoms with E-state index < -0.39 is 5.82 Å². The van der Waals surface area contributed by atoms with Crippen LogP contribution in [0, 0.1) is 5.82 Å². The van der Waals surface area contributed by atoms with Crippen molar-refractivity contribution in [1.82, 2.24) is 19.8 Å². The second-order valence-electron chi connectivity index (χ2n) is 5.91. The fourth-order valence-electron chi connectivity index (χ4n) is 2.58. The summed E-state index contributed by atoms with van der Waals surface area (Å²) < 4.78 is 19.6. The molecule has 1 saturated heterocycles. The molecule has 2 heterocycles. The van der Waals surface area contributed by atoms with Gasteiger partial charge in [-0.2, -0.15) is 0 Å². The first-order valence-corrected chi connectivity index (χ1v) is 7.76. The summed E-state index contributed by atoms with van der Waals surface area (Å²) in [6, 6.07) is 4.26. The molecule has 4 N–H and O–H groups in total. The van der Waals surface area contributed by atoms with Crippen LogP contribution in [0.25, 0.3) is 0 Å². The van der Waals surface area contributed by atoms with Crippen LogP contribution in [0.4, 0.5) is 15.9 Å². The first kappa shape index (κ1) is 16.4. The van der Waals surface area contributed by atoms with E-state index in [2.05, 4.69) is 26.8 Å². The van der Waals surface area contributed by atoms with E-state index in [-0.39, 0.29) is 11.6 Å². The quantitative estimate of drug-likeness (QED) is 0.816. The van der Waals surface area contributed by atoms with Gasteiger partial charge in [-0.15, -0.1) is 0 Å². The third-order valence-corrected chi connectivity index (χ3v) is 4.08. The van der Waals surface area contributed by atoms with E-state index in [1.54, 1.807) is 6.07 Å². The fraction of sp³-hybridized carbons (Fsp3) is 0.375. The van der Waals surface area contributed by atoms with Gasteiger partial charge in [0.1, 0.15) is 12.1 Å². The standard InChI is InChI=1S/C16H21FN6O/c1-22-4-6-23(7-5-22)9-12-15(19)20-10-21-16(12)24-14-3-2-11(18)8-13(14)17/h2-3,8,10H,4-7,9,18H2,1H3,(H2,19,20,21). The number of nitrogen functional groups attached to an aromatic ring is 2. The molecule has 1 aliphatic rings. The van der Waals surface area contributed by atoms with Crippen LogP contribution in [0.15, 0.2) is 24.5 Å². The molecule has 1 aliphatic heterocycles. The molecule has 0 spiro atoms. The minimum Gasteiger partial charge on any atom is -0.435 e. The molecule has 128 valence electrons. The van der Waals surface area contributed by atoms with Gasteiger partial charge in [-0.1, -0.05) is 0 Å². The monoisotopic (exact) mass is 332 g/mol. The van der Waals surface area contributed by atoms with Gasteiger partial charge in [0.15, 0.2) is 11.6 Å². The van der Waals surface area contributed by atoms with Gasteiger partial charge in [-0.3, -0.25) is 4.90 Å². The molecule has 1 fully saturated rings. The largest absolute Gasteiger partial charge is 0.435 e. The molecule has 0 atom stereocenters. The lowest BCUT2D eigenvalue weighted by Gasteiger charge is -2.32. The molecule has 0 radical (unpaired) electrons. The van der Waals surface area contributed by atoms with Gasteiger partial charge in [0, 0.05) is 44.5 Å². The van der Waals surface area contributed by atoms with Gasteiger partial charge in [-0.25, -0.2) is 14.4 Å². The number of likely N-dealkylation sites (N-methyl/N-ethyl adjacent to an activating group) is 1. The average Bonchev–Trinajstić information content (AvgIpc) is 2.55. The minimum absolute atomic E-state index is 0.0573. The third-order valence-electron chi connectivity index (χ3n) is 4.08. The van der Waals surface area contributed by atoms with Crippen molar-refractivity contribution in [3.05, 3.63) is 35.9 Å². The van der Waals surface area contributed by atoms with E-state index in [4.69, 9.17) is 16.2 Å². The van der Waals surface area contributed by atoms with Crippen molar-refractivity contribution in [1.29, 1.82) is 0 Å². The predicted octanol–water partition coefficient (Wildman–Crippen LogP) is 1.32. The zero-order chi connectivity index (χ0) is 17.1. The van der Waals surface area contributed by atoms with Crippen LogP contribution in [-0.4, -0.2) is 53.0 Å². The number of rotatable bonds is 4. The SMILES string of the molecule is CN1CCN(Cc2c(N)ncnc2Oc2ccc(N)cc2F)CC1. The number of piperazine rings is 1. The van der Waals surface area contributed by atoms with Crippen molar-refractivity contribution in [3.8, 4) is 11.6 Å². The zero-order valence-corrected chi connectivity index (χ0v) is 13.6. The Morgan fingerprint density at radius 2 is 1.92 bits per heavy atom. The zero-order valence-electron chi connectivity index (χ0n) is 13.6. The van der Waals surface area contributed by atoms with Crippen LogP contribution < -0.4 is 16.2 Å². The number of halogens is 1. The Balaban J connectivity index is 1.82. The molecule has 0 saturated carbocycles. The Morgan fingerprint density at radius 1 is 1.17 bits per heavy atom. The number of nitrogens with two attached hydrogens (primary N) is 2. The minimum atomic E-state index is -0.544. The summed E-state index contributed by atoms with van der Waals surface area (Å²) in [6.45, 7) is 4.36. The highest BCUT2D eigenvalue weighted by Crippen LogP contribution is 2.29. The Hall–Kier alpha value is -2.45. The van der Waals surface area contributed by atoms with Crippen molar-refractivity contribution in [2.45, 2.75) is 6.54 Å². The average molecular weight is 332 g/mol. The lowest BCUT2D eigenvalue weighted by molar-refractivity contribution is 0.147. The van der Waals surface area contributed by atoms with Crippen LogP contribution in [-0.2, 0) is 6.54 Å². The van der Waals surface area contributed by atoms with Crippen molar-refractivity contribution < 1.29 is 9.13 Å². The number of aromatic nitrogens is 2. The summed E-state index contributed by atoms with van der Waals surface area (Å²) in [4.78, 5) is 12.7. The summed E-state index contributed by atoms with van der Waals surface area (Å²) in [5, 5.41) is 0. The molecule has 24 heavy (non-hydrogen) atoms. The molecule has 7 nitrogen and oxygen atoms in total. The van der Waals surface area contributed by atoms with Crippen molar-refractivity contribution >= 4 is 11.5 Å². The maximum absolute atomic E-state index is 14.0. The van der Waals surface area contributed by atoms with Gasteiger partial charge in [0.2, 0.25) is 5.88 Å². The van der Waals surface area contributed by atoms with Crippen molar-refractivity contribution in [2.24, 2.45) is 0 Å². The van der Waals surface area contributed by atoms with E-state index in [1.165, 1.54) is 18.5 Å². The summed E-state index contributed by atoms with van der Waals surface area (Å²) >= 11 is 0. The summed E-state index contributed by atoms with van der Waals surface area (Å²) in [6.07, 6.45) is 1.31. The Morgan fingerprint density at radius 3 is 2.62 bits per heavy atom. The fourth-order valence-corrected chi connectivity index (χ4v) is 2.58.